The first-order valence-corrected chi connectivity index (χ1v) is 12.1. The zero-order valence-corrected chi connectivity index (χ0v) is 22.6. The van der Waals surface area contributed by atoms with Gasteiger partial charge in [-0.25, -0.2) is 4.99 Å². The number of guanidine groups is 1. The maximum atomic E-state index is 4.86. The van der Waals surface area contributed by atoms with E-state index >= 15 is 0 Å². The maximum Gasteiger partial charge on any atom is 0.191 e. The number of likely N-dealkylation sites (tertiary alicyclic amines) is 1. The van der Waals surface area contributed by atoms with E-state index in [0.29, 0.717) is 12.6 Å². The first-order valence-electron chi connectivity index (χ1n) is 12.1. The van der Waals surface area contributed by atoms with Gasteiger partial charge in [0, 0.05) is 26.2 Å². The van der Waals surface area contributed by atoms with Gasteiger partial charge in [-0.15, -0.1) is 34.2 Å². The van der Waals surface area contributed by atoms with Crippen LogP contribution in [0.2, 0.25) is 0 Å². The first-order chi connectivity index (χ1) is 14.5. The maximum absolute atomic E-state index is 4.86. The Morgan fingerprint density at radius 2 is 1.81 bits per heavy atom. The van der Waals surface area contributed by atoms with Gasteiger partial charge >= 0.3 is 0 Å². The largest absolute Gasteiger partial charge is 0.356 e. The van der Waals surface area contributed by atoms with Crippen molar-refractivity contribution in [3.05, 3.63) is 11.6 Å². The first kappa shape index (κ1) is 26.4. The summed E-state index contributed by atoms with van der Waals surface area (Å²) in [5.74, 6) is 5.23. The van der Waals surface area contributed by atoms with Crippen molar-refractivity contribution in [2.24, 2.45) is 29.8 Å². The summed E-state index contributed by atoms with van der Waals surface area (Å²) in [7, 11) is 2.01. The molecule has 1 aliphatic heterocycles. The Bertz CT molecular complexity index is 679. The van der Waals surface area contributed by atoms with E-state index < -0.39 is 0 Å². The number of halogens is 1. The number of rotatable bonds is 8. The molecular formula is C23H44IN7. The normalized spacial score (nSPS) is 25.0. The van der Waals surface area contributed by atoms with E-state index in [1.54, 1.807) is 0 Å². The SMILES string of the molecule is CCN1CCCC1CNC(=NCc1nnc(C)n1C)NCC1CCC(C(C)C)CC1.I. The Balaban J connectivity index is 0.00000341. The van der Waals surface area contributed by atoms with Crippen LogP contribution in [0.4, 0.5) is 0 Å². The summed E-state index contributed by atoms with van der Waals surface area (Å²) in [5, 5.41) is 15.7. The number of aromatic nitrogens is 3. The van der Waals surface area contributed by atoms with Crippen molar-refractivity contribution >= 4 is 29.9 Å². The molecule has 0 aromatic carbocycles. The van der Waals surface area contributed by atoms with Crippen LogP contribution in [0.5, 0.6) is 0 Å². The Kier molecular flexibility index (Phi) is 11.0. The molecule has 1 unspecified atom stereocenters. The molecule has 1 aliphatic carbocycles. The van der Waals surface area contributed by atoms with Crippen molar-refractivity contribution in [3.8, 4) is 0 Å². The summed E-state index contributed by atoms with van der Waals surface area (Å²) in [6.07, 6.45) is 7.98. The summed E-state index contributed by atoms with van der Waals surface area (Å²) in [4.78, 5) is 7.43. The predicted octanol–water partition coefficient (Wildman–Crippen LogP) is 3.72. The third-order valence-corrected chi connectivity index (χ3v) is 7.36. The van der Waals surface area contributed by atoms with Gasteiger partial charge in [-0.2, -0.15) is 0 Å². The van der Waals surface area contributed by atoms with E-state index in [9.17, 15) is 0 Å². The molecule has 8 heteroatoms. The molecule has 0 bridgehead atoms. The lowest BCUT2D eigenvalue weighted by Crippen LogP contribution is -2.46. The van der Waals surface area contributed by atoms with Crippen molar-refractivity contribution < 1.29 is 0 Å². The highest BCUT2D eigenvalue weighted by atomic mass is 127. The molecule has 1 aromatic rings. The number of aliphatic imine (C=N–C) groups is 1. The van der Waals surface area contributed by atoms with E-state index in [1.165, 1.54) is 45.1 Å². The molecule has 31 heavy (non-hydrogen) atoms. The molecular weight excluding hydrogens is 501 g/mol. The minimum absolute atomic E-state index is 0. The van der Waals surface area contributed by atoms with Crippen LogP contribution in [0.3, 0.4) is 0 Å². The number of hydrogen-bond donors (Lipinski definition) is 2. The molecule has 0 radical (unpaired) electrons. The molecule has 2 heterocycles. The fourth-order valence-corrected chi connectivity index (χ4v) is 4.97. The van der Waals surface area contributed by atoms with E-state index in [2.05, 4.69) is 46.5 Å². The van der Waals surface area contributed by atoms with Gasteiger partial charge in [-0.05, 0) is 76.3 Å². The summed E-state index contributed by atoms with van der Waals surface area (Å²) in [6, 6.07) is 0.612. The van der Waals surface area contributed by atoms with Crippen LogP contribution in [-0.4, -0.2) is 57.8 Å². The van der Waals surface area contributed by atoms with Crippen LogP contribution in [0.1, 0.15) is 70.9 Å². The zero-order valence-electron chi connectivity index (χ0n) is 20.2. The standard InChI is InChI=1S/C23H43N7.HI/c1-6-30-13-7-8-21(30)15-25-23(26-16-22-28-27-18(4)29(22)5)24-14-19-9-11-20(12-10-19)17(2)3;/h17,19-21H,6-16H2,1-5H3,(H2,24,25,26);1H. The molecule has 0 amide bonds. The molecule has 3 rings (SSSR count). The lowest BCUT2D eigenvalue weighted by molar-refractivity contribution is 0.224. The van der Waals surface area contributed by atoms with Crippen LogP contribution >= 0.6 is 24.0 Å². The molecule has 2 aliphatic rings. The van der Waals surface area contributed by atoms with E-state index in [4.69, 9.17) is 4.99 Å². The highest BCUT2D eigenvalue weighted by Crippen LogP contribution is 2.32. The van der Waals surface area contributed by atoms with Gasteiger partial charge in [0.05, 0.1) is 0 Å². The molecule has 1 saturated heterocycles. The molecule has 1 atom stereocenters. The molecule has 2 N–H and O–H groups in total. The van der Waals surface area contributed by atoms with Crippen LogP contribution in [0.25, 0.3) is 0 Å². The Morgan fingerprint density at radius 3 is 2.42 bits per heavy atom. The number of nitrogens with one attached hydrogen (secondary N) is 2. The Morgan fingerprint density at radius 1 is 1.10 bits per heavy atom. The third kappa shape index (κ3) is 7.58. The topological polar surface area (TPSA) is 70.4 Å². The lowest BCUT2D eigenvalue weighted by atomic mass is 9.77. The van der Waals surface area contributed by atoms with Crippen molar-refractivity contribution in [1.29, 1.82) is 0 Å². The van der Waals surface area contributed by atoms with E-state index in [0.717, 1.165) is 55.0 Å². The lowest BCUT2D eigenvalue weighted by Gasteiger charge is -2.31. The average Bonchev–Trinajstić information content (AvgIpc) is 3.34. The van der Waals surface area contributed by atoms with E-state index in [1.807, 2.05) is 18.5 Å². The van der Waals surface area contributed by atoms with Gasteiger partial charge in [0.2, 0.25) is 0 Å². The molecule has 1 aromatic heterocycles. The Labute approximate surface area is 206 Å². The zero-order chi connectivity index (χ0) is 21.5. The Hall–Kier alpha value is -0.900. The van der Waals surface area contributed by atoms with E-state index in [-0.39, 0.29) is 24.0 Å². The number of likely N-dealkylation sites (N-methyl/N-ethyl adjacent to an activating group) is 1. The average molecular weight is 546 g/mol. The summed E-state index contributed by atoms with van der Waals surface area (Å²) < 4.78 is 2.02. The highest BCUT2D eigenvalue weighted by Gasteiger charge is 2.25. The molecule has 2 fully saturated rings. The van der Waals surface area contributed by atoms with Crippen molar-refractivity contribution in [3.63, 3.8) is 0 Å². The van der Waals surface area contributed by atoms with Crippen LogP contribution in [-0.2, 0) is 13.6 Å². The van der Waals surface area contributed by atoms with Gasteiger partial charge in [0.1, 0.15) is 12.4 Å². The minimum atomic E-state index is 0. The summed E-state index contributed by atoms with van der Waals surface area (Å²) >= 11 is 0. The molecule has 178 valence electrons. The number of nitrogens with zero attached hydrogens (tertiary/aromatic N) is 5. The van der Waals surface area contributed by atoms with Gasteiger partial charge < -0.3 is 15.2 Å². The second-order valence-electron chi connectivity index (χ2n) is 9.60. The van der Waals surface area contributed by atoms with Crippen molar-refractivity contribution in [2.45, 2.75) is 78.8 Å². The van der Waals surface area contributed by atoms with Gasteiger partial charge in [0.25, 0.3) is 0 Å². The molecule has 1 saturated carbocycles. The second-order valence-corrected chi connectivity index (χ2v) is 9.60. The summed E-state index contributed by atoms with van der Waals surface area (Å²) in [6.45, 7) is 13.8. The smallest absolute Gasteiger partial charge is 0.191 e. The second kappa shape index (κ2) is 13.0. The van der Waals surface area contributed by atoms with Crippen LogP contribution in [0, 0.1) is 24.7 Å². The number of hydrogen-bond acceptors (Lipinski definition) is 4. The van der Waals surface area contributed by atoms with Crippen molar-refractivity contribution in [1.82, 2.24) is 30.3 Å². The highest BCUT2D eigenvalue weighted by molar-refractivity contribution is 14.0. The van der Waals surface area contributed by atoms with Crippen LogP contribution < -0.4 is 10.6 Å². The third-order valence-electron chi connectivity index (χ3n) is 7.36. The number of aryl methyl sites for hydroxylation is 1. The molecule has 7 nitrogen and oxygen atoms in total. The molecule has 0 spiro atoms. The van der Waals surface area contributed by atoms with Gasteiger partial charge in [0.15, 0.2) is 11.8 Å². The minimum Gasteiger partial charge on any atom is -0.356 e. The summed E-state index contributed by atoms with van der Waals surface area (Å²) in [5.41, 5.74) is 0. The fraction of sp³-hybridized carbons (Fsp3) is 0.870. The fourth-order valence-electron chi connectivity index (χ4n) is 4.97. The quantitative estimate of drug-likeness (QED) is 0.296. The monoisotopic (exact) mass is 545 g/mol. The predicted molar refractivity (Wildman–Crippen MR) is 139 cm³/mol. The van der Waals surface area contributed by atoms with Gasteiger partial charge in [-0.3, -0.25) is 4.90 Å². The van der Waals surface area contributed by atoms with Gasteiger partial charge in [-0.1, -0.05) is 20.8 Å². The van der Waals surface area contributed by atoms with Crippen LogP contribution in [0.15, 0.2) is 4.99 Å². The van der Waals surface area contributed by atoms with Crippen molar-refractivity contribution in [2.75, 3.05) is 26.2 Å².